The molecule has 5 rings (SSSR count). The third-order valence-electron chi connectivity index (χ3n) is 7.21. The van der Waals surface area contributed by atoms with Gasteiger partial charge in [-0.2, -0.15) is 18.2 Å². The van der Waals surface area contributed by atoms with E-state index in [2.05, 4.69) is 23.7 Å². The second-order valence-electron chi connectivity index (χ2n) is 9.58. The number of nitrogens with zero attached hydrogens (tertiary/aromatic N) is 3. The number of anilines is 1. The predicted molar refractivity (Wildman–Crippen MR) is 130 cm³/mol. The van der Waals surface area contributed by atoms with Gasteiger partial charge in [0.25, 0.3) is 0 Å². The minimum atomic E-state index is -4.77. The summed E-state index contributed by atoms with van der Waals surface area (Å²) in [6.07, 6.45) is -1.94. The van der Waals surface area contributed by atoms with Gasteiger partial charge >= 0.3 is 11.9 Å². The van der Waals surface area contributed by atoms with Crippen LogP contribution in [-0.4, -0.2) is 21.1 Å². The summed E-state index contributed by atoms with van der Waals surface area (Å²) in [4.78, 5) is 18.9. The van der Waals surface area contributed by atoms with Crippen LogP contribution in [0.1, 0.15) is 44.2 Å². The van der Waals surface area contributed by atoms with E-state index in [0.717, 1.165) is 43.5 Å². The summed E-state index contributed by atoms with van der Waals surface area (Å²) in [6.45, 7) is 4.43. The highest BCUT2D eigenvalue weighted by molar-refractivity contribution is 6.31. The third-order valence-corrected chi connectivity index (χ3v) is 7.54. The van der Waals surface area contributed by atoms with Crippen LogP contribution in [0.2, 0.25) is 5.02 Å². The molecule has 0 radical (unpaired) electrons. The van der Waals surface area contributed by atoms with Crippen LogP contribution in [0, 0.1) is 11.6 Å². The van der Waals surface area contributed by atoms with E-state index in [1.54, 1.807) is 10.6 Å². The van der Waals surface area contributed by atoms with Gasteiger partial charge in [0.1, 0.15) is 18.2 Å². The Kier molecular flexibility index (Phi) is 6.53. The molecule has 0 N–H and O–H groups in total. The zero-order valence-electron chi connectivity index (χ0n) is 20.4. The molecule has 2 aromatic carbocycles. The average molecular weight is 556 g/mol. The molecule has 202 valence electrons. The first-order valence-corrected chi connectivity index (χ1v) is 12.4. The van der Waals surface area contributed by atoms with Crippen LogP contribution in [0.5, 0.6) is 17.4 Å². The van der Waals surface area contributed by atoms with Crippen molar-refractivity contribution in [2.75, 3.05) is 4.90 Å². The summed E-state index contributed by atoms with van der Waals surface area (Å²) in [5, 5.41) is -0.572. The molecule has 0 amide bonds. The number of alkyl halides is 3. The van der Waals surface area contributed by atoms with Crippen molar-refractivity contribution in [3.05, 3.63) is 74.7 Å². The van der Waals surface area contributed by atoms with Gasteiger partial charge in [0.15, 0.2) is 17.4 Å². The van der Waals surface area contributed by atoms with Crippen molar-refractivity contribution in [2.45, 2.75) is 64.0 Å². The van der Waals surface area contributed by atoms with Gasteiger partial charge in [0.05, 0.1) is 22.7 Å². The monoisotopic (exact) mass is 555 g/mol. The number of aromatic nitrogens is 2. The zero-order valence-corrected chi connectivity index (χ0v) is 21.2. The summed E-state index contributed by atoms with van der Waals surface area (Å²) >= 11 is 5.57. The Hall–Kier alpha value is -3.34. The topological polar surface area (TPSA) is 56.6 Å². The quantitative estimate of drug-likeness (QED) is 0.316. The molecule has 2 aliphatic heterocycles. The highest BCUT2D eigenvalue weighted by atomic mass is 35.5. The van der Waals surface area contributed by atoms with Crippen molar-refractivity contribution < 1.29 is 31.4 Å². The molecule has 2 unspecified atom stereocenters. The van der Waals surface area contributed by atoms with Crippen LogP contribution in [0.15, 0.2) is 41.2 Å². The maximum atomic E-state index is 14.7. The first-order valence-electron chi connectivity index (χ1n) is 12.0. The SMILES string of the molecule is CCC12CCC(C)N1c1cc(OCc3cc(F)c(Oc4ccc(Cl)c(C(F)(F)F)c4)c(F)c3)nc(=O)n1C2. The summed E-state index contributed by atoms with van der Waals surface area (Å²) in [6, 6.07) is 6.32. The third kappa shape index (κ3) is 4.57. The largest absolute Gasteiger partial charge is 0.473 e. The average Bonchev–Trinajstić information content (AvgIpc) is 3.36. The fraction of sp³-hybridized carbons (Fsp3) is 0.385. The van der Waals surface area contributed by atoms with Gasteiger partial charge < -0.3 is 14.4 Å². The van der Waals surface area contributed by atoms with Crippen molar-refractivity contribution in [3.63, 3.8) is 0 Å². The normalized spacial score (nSPS) is 20.4. The molecule has 1 fully saturated rings. The van der Waals surface area contributed by atoms with Gasteiger partial charge in [0.2, 0.25) is 5.88 Å². The Morgan fingerprint density at radius 1 is 1.16 bits per heavy atom. The standard InChI is InChI=1S/C26H23ClF5N3O3/c1-3-25-7-6-14(2)35(25)22-11-21(33-24(36)34(22)13-25)37-12-15-8-19(28)23(20(29)9-15)38-16-4-5-18(27)17(10-16)26(30,31)32/h4-5,8-11,14H,3,6-7,12-13H2,1-2H3. The van der Waals surface area contributed by atoms with Crippen LogP contribution >= 0.6 is 11.6 Å². The van der Waals surface area contributed by atoms with Gasteiger partial charge in [-0.3, -0.25) is 4.57 Å². The lowest BCUT2D eigenvalue weighted by molar-refractivity contribution is -0.137. The summed E-state index contributed by atoms with van der Waals surface area (Å²) in [5.74, 6) is -2.88. The number of benzene rings is 2. The molecule has 2 atom stereocenters. The fourth-order valence-corrected chi connectivity index (χ4v) is 5.55. The smallest absolute Gasteiger partial charge is 0.417 e. The molecule has 0 bridgehead atoms. The molecule has 0 saturated carbocycles. The summed E-state index contributed by atoms with van der Waals surface area (Å²) in [5.41, 5.74) is -1.73. The summed E-state index contributed by atoms with van der Waals surface area (Å²) in [7, 11) is 0. The van der Waals surface area contributed by atoms with Crippen molar-refractivity contribution >= 4 is 17.4 Å². The number of fused-ring (bicyclic) bond motifs is 3. The first-order chi connectivity index (χ1) is 17.9. The maximum absolute atomic E-state index is 14.7. The van der Waals surface area contributed by atoms with E-state index < -0.39 is 45.6 Å². The minimum Gasteiger partial charge on any atom is -0.473 e. The van der Waals surface area contributed by atoms with E-state index in [0.29, 0.717) is 18.4 Å². The first kappa shape index (κ1) is 26.3. The second-order valence-corrected chi connectivity index (χ2v) is 9.98. The molecule has 6 nitrogen and oxygen atoms in total. The second kappa shape index (κ2) is 9.44. The molecule has 3 aromatic rings. The fourth-order valence-electron chi connectivity index (χ4n) is 5.32. The van der Waals surface area contributed by atoms with Crippen molar-refractivity contribution in [2.24, 2.45) is 0 Å². The molecule has 1 saturated heterocycles. The van der Waals surface area contributed by atoms with Gasteiger partial charge in [-0.1, -0.05) is 18.5 Å². The molecular weight excluding hydrogens is 533 g/mol. The molecule has 2 aliphatic rings. The molecule has 1 aromatic heterocycles. The zero-order chi connectivity index (χ0) is 27.4. The van der Waals surface area contributed by atoms with E-state index >= 15 is 0 Å². The van der Waals surface area contributed by atoms with Crippen molar-refractivity contribution in [1.82, 2.24) is 9.55 Å². The van der Waals surface area contributed by atoms with Gasteiger partial charge in [0, 0.05) is 12.1 Å². The Bertz CT molecular complexity index is 1440. The van der Waals surface area contributed by atoms with Crippen LogP contribution in [-0.2, 0) is 19.3 Å². The Morgan fingerprint density at radius 2 is 1.87 bits per heavy atom. The van der Waals surface area contributed by atoms with Crippen LogP contribution in [0.3, 0.4) is 0 Å². The molecule has 0 aliphatic carbocycles. The van der Waals surface area contributed by atoms with E-state index in [1.165, 1.54) is 0 Å². The lowest BCUT2D eigenvalue weighted by Crippen LogP contribution is -2.43. The van der Waals surface area contributed by atoms with E-state index in [9.17, 15) is 26.7 Å². The maximum Gasteiger partial charge on any atom is 0.417 e. The van der Waals surface area contributed by atoms with Crippen LogP contribution < -0.4 is 20.1 Å². The van der Waals surface area contributed by atoms with E-state index in [-0.39, 0.29) is 29.6 Å². The van der Waals surface area contributed by atoms with Gasteiger partial charge in [-0.25, -0.2) is 13.6 Å². The van der Waals surface area contributed by atoms with Crippen LogP contribution in [0.4, 0.5) is 27.8 Å². The number of hydrogen-bond acceptors (Lipinski definition) is 5. The number of hydrogen-bond donors (Lipinski definition) is 0. The highest BCUT2D eigenvalue weighted by Crippen LogP contribution is 2.46. The van der Waals surface area contributed by atoms with E-state index in [1.807, 2.05) is 0 Å². The van der Waals surface area contributed by atoms with Crippen LogP contribution in [0.25, 0.3) is 0 Å². The highest BCUT2D eigenvalue weighted by Gasteiger charge is 2.49. The van der Waals surface area contributed by atoms with Crippen molar-refractivity contribution in [3.8, 4) is 17.4 Å². The molecule has 0 spiro atoms. The Morgan fingerprint density at radius 3 is 2.53 bits per heavy atom. The van der Waals surface area contributed by atoms with E-state index in [4.69, 9.17) is 21.1 Å². The molecule has 12 heteroatoms. The molecule has 3 heterocycles. The number of rotatable bonds is 6. The Balaban J connectivity index is 1.34. The predicted octanol–water partition coefficient (Wildman–Crippen LogP) is 6.72. The lowest BCUT2D eigenvalue weighted by atomic mass is 9.94. The number of halogens is 6. The minimum absolute atomic E-state index is 0.0224. The Labute approximate surface area is 219 Å². The molecule has 38 heavy (non-hydrogen) atoms. The van der Waals surface area contributed by atoms with Gasteiger partial charge in [-0.05, 0) is 62.1 Å². The van der Waals surface area contributed by atoms with Crippen molar-refractivity contribution in [1.29, 1.82) is 0 Å². The molecular formula is C26H23ClF5N3O3. The van der Waals surface area contributed by atoms with Gasteiger partial charge in [-0.15, -0.1) is 0 Å². The lowest BCUT2D eigenvalue weighted by Gasteiger charge is -2.34. The number of ether oxygens (including phenoxy) is 2. The summed E-state index contributed by atoms with van der Waals surface area (Å²) < 4.78 is 81.0.